The highest BCUT2D eigenvalue weighted by Crippen LogP contribution is 2.35. The van der Waals surface area contributed by atoms with Gasteiger partial charge >= 0.3 is 5.63 Å². The van der Waals surface area contributed by atoms with E-state index in [4.69, 9.17) is 13.9 Å². The Morgan fingerprint density at radius 3 is 2.52 bits per heavy atom. The fourth-order valence-corrected chi connectivity index (χ4v) is 2.83. The molecule has 0 amide bonds. The highest BCUT2D eigenvalue weighted by atomic mass is 16.5. The number of para-hydroxylation sites is 1. The maximum atomic E-state index is 12.0. The number of unbranched alkanes of at least 4 members (excludes halogenated alkanes) is 1. The van der Waals surface area contributed by atoms with Gasteiger partial charge in [0.1, 0.15) is 5.75 Å². The maximum Gasteiger partial charge on any atom is 0.383 e. The summed E-state index contributed by atoms with van der Waals surface area (Å²) in [6.45, 7) is 2.43. The molecule has 0 aliphatic rings. The van der Waals surface area contributed by atoms with Crippen molar-refractivity contribution in [1.29, 1.82) is 0 Å². The second-order valence-electron chi connectivity index (χ2n) is 6.11. The Balaban J connectivity index is 1.65. The molecular weight excluding hydrogens is 348 g/mol. The first-order chi connectivity index (χ1) is 13.1. The largest absolute Gasteiger partial charge is 0.508 e. The normalized spacial score (nSPS) is 10.9. The van der Waals surface area contributed by atoms with E-state index in [9.17, 15) is 15.0 Å². The Labute approximate surface area is 156 Å². The molecule has 0 spiro atoms. The third-order valence-electron chi connectivity index (χ3n) is 4.17. The van der Waals surface area contributed by atoms with Crippen molar-refractivity contribution in [3.8, 4) is 23.0 Å². The molecule has 0 saturated carbocycles. The second kappa shape index (κ2) is 8.49. The number of benzene rings is 2. The minimum atomic E-state index is -0.731. The number of aryl methyl sites for hydroxylation is 1. The van der Waals surface area contributed by atoms with Crippen molar-refractivity contribution >= 4 is 11.0 Å². The smallest absolute Gasteiger partial charge is 0.383 e. The molecule has 0 atom stereocenters. The van der Waals surface area contributed by atoms with Crippen LogP contribution in [0.15, 0.2) is 51.7 Å². The lowest BCUT2D eigenvalue weighted by molar-refractivity contribution is 0.292. The molecule has 1 heterocycles. The molecule has 0 aliphatic carbocycles. The van der Waals surface area contributed by atoms with Crippen LogP contribution < -0.4 is 15.1 Å². The summed E-state index contributed by atoms with van der Waals surface area (Å²) in [7, 11) is 0. The second-order valence-corrected chi connectivity index (χ2v) is 6.11. The highest BCUT2D eigenvalue weighted by molar-refractivity contribution is 5.89. The molecule has 0 radical (unpaired) electrons. The third kappa shape index (κ3) is 4.34. The lowest BCUT2D eigenvalue weighted by Crippen LogP contribution is -2.07. The quantitative estimate of drug-likeness (QED) is 0.460. The van der Waals surface area contributed by atoms with Crippen LogP contribution in [0.25, 0.3) is 11.0 Å². The van der Waals surface area contributed by atoms with E-state index in [0.717, 1.165) is 24.8 Å². The highest BCUT2D eigenvalue weighted by Gasteiger charge is 2.17. The number of hydrogen-bond donors (Lipinski definition) is 2. The van der Waals surface area contributed by atoms with Crippen LogP contribution in [0.3, 0.4) is 0 Å². The van der Waals surface area contributed by atoms with Gasteiger partial charge in [-0.2, -0.15) is 0 Å². The summed E-state index contributed by atoms with van der Waals surface area (Å²) < 4.78 is 16.2. The van der Waals surface area contributed by atoms with Gasteiger partial charge in [-0.3, -0.25) is 0 Å². The molecule has 6 nitrogen and oxygen atoms in total. The van der Waals surface area contributed by atoms with Crippen molar-refractivity contribution in [2.45, 2.75) is 26.2 Å². The van der Waals surface area contributed by atoms with Gasteiger partial charge in [0.15, 0.2) is 17.1 Å². The van der Waals surface area contributed by atoms with Gasteiger partial charge in [-0.1, -0.05) is 18.2 Å². The van der Waals surface area contributed by atoms with E-state index in [-0.39, 0.29) is 29.4 Å². The monoisotopic (exact) mass is 370 g/mol. The van der Waals surface area contributed by atoms with E-state index >= 15 is 0 Å². The summed E-state index contributed by atoms with van der Waals surface area (Å²) >= 11 is 0. The minimum absolute atomic E-state index is 0.184. The number of phenolic OH excluding ortho intramolecular Hbond substituents is 1. The fourth-order valence-electron chi connectivity index (χ4n) is 2.83. The molecule has 3 rings (SSSR count). The zero-order valence-corrected chi connectivity index (χ0v) is 15.1. The summed E-state index contributed by atoms with van der Waals surface area (Å²) in [5, 5.41) is 19.9. The molecule has 0 bridgehead atoms. The number of fused-ring (bicyclic) bond motifs is 1. The third-order valence-corrected chi connectivity index (χ3v) is 4.17. The Morgan fingerprint density at radius 1 is 1.00 bits per heavy atom. The van der Waals surface area contributed by atoms with Gasteiger partial charge in [0, 0.05) is 0 Å². The molecule has 0 fully saturated rings. The summed E-state index contributed by atoms with van der Waals surface area (Å²) in [6, 6.07) is 12.2. The van der Waals surface area contributed by atoms with Crippen molar-refractivity contribution < 1.29 is 24.1 Å². The Kier molecular flexibility index (Phi) is 5.86. The molecule has 0 aliphatic heterocycles. The number of rotatable bonds is 8. The van der Waals surface area contributed by atoms with Crippen LogP contribution in [0, 0.1) is 0 Å². The molecule has 6 heteroatoms. The van der Waals surface area contributed by atoms with Gasteiger partial charge in [-0.25, -0.2) is 4.79 Å². The van der Waals surface area contributed by atoms with Crippen molar-refractivity contribution in [2.75, 3.05) is 13.2 Å². The zero-order chi connectivity index (χ0) is 19.2. The predicted molar refractivity (Wildman–Crippen MR) is 102 cm³/mol. The summed E-state index contributed by atoms with van der Waals surface area (Å²) in [6.07, 6.45) is 2.61. The minimum Gasteiger partial charge on any atom is -0.508 e. The summed E-state index contributed by atoms with van der Waals surface area (Å²) in [4.78, 5) is 12.0. The van der Waals surface area contributed by atoms with Gasteiger partial charge in [0.2, 0.25) is 5.75 Å². The van der Waals surface area contributed by atoms with Crippen molar-refractivity contribution in [2.24, 2.45) is 0 Å². The van der Waals surface area contributed by atoms with Gasteiger partial charge < -0.3 is 24.1 Å². The molecule has 3 aromatic rings. The lowest BCUT2D eigenvalue weighted by atomic mass is 10.1. The van der Waals surface area contributed by atoms with Crippen LogP contribution in [0.5, 0.6) is 23.0 Å². The lowest BCUT2D eigenvalue weighted by Gasteiger charge is -2.11. The number of phenols is 1. The molecule has 27 heavy (non-hydrogen) atoms. The molecule has 0 unspecified atom stereocenters. The van der Waals surface area contributed by atoms with Gasteiger partial charge in [0.05, 0.1) is 18.6 Å². The van der Waals surface area contributed by atoms with Crippen LogP contribution in [-0.2, 0) is 6.42 Å². The fraction of sp³-hybridized carbons (Fsp3) is 0.286. The van der Waals surface area contributed by atoms with Crippen LogP contribution in [0.2, 0.25) is 0 Å². The first-order valence-electron chi connectivity index (χ1n) is 8.92. The van der Waals surface area contributed by atoms with Crippen LogP contribution in [0.4, 0.5) is 0 Å². The van der Waals surface area contributed by atoms with E-state index < -0.39 is 5.63 Å². The molecular formula is C21H22O6. The Bertz CT molecular complexity index is 959. The Morgan fingerprint density at radius 2 is 1.78 bits per heavy atom. The number of aromatic hydroxyl groups is 2. The SMILES string of the molecule is CCOc1c(O)c2cccc(OCCCCc3ccc(O)cc3)c2oc1=O. The number of ether oxygens (including phenoxy) is 2. The standard InChI is InChI=1S/C21H22O6/c1-2-25-20-18(23)16-7-5-8-17(19(16)27-21(20)24)26-13-4-3-6-14-9-11-15(22)12-10-14/h5,7-12,22-23H,2-4,6,13H2,1H3. The van der Waals surface area contributed by atoms with Crippen LogP contribution in [0.1, 0.15) is 25.3 Å². The van der Waals surface area contributed by atoms with E-state index in [0.29, 0.717) is 17.7 Å². The summed E-state index contributed by atoms with van der Waals surface area (Å²) in [5.74, 6) is 0.250. The number of hydrogen-bond acceptors (Lipinski definition) is 6. The van der Waals surface area contributed by atoms with Crippen molar-refractivity contribution in [1.82, 2.24) is 0 Å². The topological polar surface area (TPSA) is 89.1 Å². The predicted octanol–water partition coefficient (Wildman–Crippen LogP) is 4.00. The van der Waals surface area contributed by atoms with Crippen molar-refractivity contribution in [3.05, 3.63) is 58.4 Å². The molecule has 1 aromatic heterocycles. The summed E-state index contributed by atoms with van der Waals surface area (Å²) in [5.41, 5.74) is 0.629. The first kappa shape index (κ1) is 18.6. The van der Waals surface area contributed by atoms with E-state index in [1.165, 1.54) is 0 Å². The average molecular weight is 370 g/mol. The molecule has 142 valence electrons. The Hall–Kier alpha value is -3.15. The van der Waals surface area contributed by atoms with E-state index in [2.05, 4.69) is 0 Å². The first-order valence-corrected chi connectivity index (χ1v) is 8.92. The molecule has 0 saturated heterocycles. The van der Waals surface area contributed by atoms with Crippen LogP contribution >= 0.6 is 0 Å². The van der Waals surface area contributed by atoms with Crippen molar-refractivity contribution in [3.63, 3.8) is 0 Å². The zero-order valence-electron chi connectivity index (χ0n) is 15.1. The van der Waals surface area contributed by atoms with E-state index in [1.807, 2.05) is 12.1 Å². The molecule has 2 aromatic carbocycles. The van der Waals surface area contributed by atoms with Gasteiger partial charge in [-0.05, 0) is 56.0 Å². The van der Waals surface area contributed by atoms with Crippen LogP contribution in [-0.4, -0.2) is 23.4 Å². The average Bonchev–Trinajstić information content (AvgIpc) is 2.67. The van der Waals surface area contributed by atoms with Gasteiger partial charge in [-0.15, -0.1) is 0 Å². The van der Waals surface area contributed by atoms with E-state index in [1.54, 1.807) is 37.3 Å². The van der Waals surface area contributed by atoms with Gasteiger partial charge in [0.25, 0.3) is 0 Å². The maximum absolute atomic E-state index is 12.0. The molecule has 2 N–H and O–H groups in total.